The number of fused-ring (bicyclic) bond motifs is 1. The summed E-state index contributed by atoms with van der Waals surface area (Å²) in [5.74, 6) is 3.52. The topological polar surface area (TPSA) is 70.6 Å². The maximum absolute atomic E-state index is 13.1. The third-order valence-corrected chi connectivity index (χ3v) is 5.97. The van der Waals surface area contributed by atoms with Gasteiger partial charge in [-0.05, 0) is 31.2 Å². The maximum atomic E-state index is 13.1. The molecule has 8 heteroatoms. The van der Waals surface area contributed by atoms with E-state index in [1.54, 1.807) is 29.5 Å². The normalized spacial score (nSPS) is 11.5. The fraction of sp³-hybridized carbons (Fsp3) is 0.174. The van der Waals surface area contributed by atoms with E-state index in [2.05, 4.69) is 16.0 Å². The second-order valence-electron chi connectivity index (χ2n) is 6.63. The van der Waals surface area contributed by atoms with Crippen LogP contribution in [0.15, 0.2) is 53.7 Å². The Balaban J connectivity index is 1.87. The first kappa shape index (κ1) is 20.4. The van der Waals surface area contributed by atoms with Crippen LogP contribution in [0.2, 0.25) is 0 Å². The summed E-state index contributed by atoms with van der Waals surface area (Å²) in [5.41, 5.74) is 2.75. The molecule has 0 unspecified atom stereocenters. The van der Waals surface area contributed by atoms with Crippen molar-refractivity contribution in [3.63, 3.8) is 0 Å². The van der Waals surface area contributed by atoms with Crippen LogP contribution in [0, 0.1) is 19.3 Å². The van der Waals surface area contributed by atoms with Gasteiger partial charge in [0.05, 0.1) is 43.9 Å². The van der Waals surface area contributed by atoms with Crippen LogP contribution in [0.3, 0.4) is 0 Å². The molecule has 7 nitrogen and oxygen atoms in total. The molecule has 0 spiro atoms. The molecule has 0 bridgehead atoms. The van der Waals surface area contributed by atoms with Crippen molar-refractivity contribution < 1.29 is 14.3 Å². The molecule has 4 aromatic rings. The minimum atomic E-state index is -0.394. The highest BCUT2D eigenvalue weighted by molar-refractivity contribution is 7.16. The molecule has 0 saturated carbocycles. The van der Waals surface area contributed by atoms with Gasteiger partial charge in [-0.25, -0.2) is 4.68 Å². The van der Waals surface area contributed by atoms with Crippen LogP contribution >= 0.6 is 11.3 Å². The van der Waals surface area contributed by atoms with Crippen molar-refractivity contribution in [1.82, 2.24) is 14.3 Å². The molecule has 2 aromatic heterocycles. The molecule has 156 valence electrons. The van der Waals surface area contributed by atoms with Gasteiger partial charge in [-0.3, -0.25) is 4.79 Å². The average Bonchev–Trinajstić information content (AvgIpc) is 3.35. The number of terminal acetylenes is 1. The van der Waals surface area contributed by atoms with E-state index in [0.29, 0.717) is 27.6 Å². The summed E-state index contributed by atoms with van der Waals surface area (Å²) in [4.78, 5) is 17.9. The minimum absolute atomic E-state index is 0.234. The quantitative estimate of drug-likeness (QED) is 0.452. The Morgan fingerprint density at radius 3 is 2.55 bits per heavy atom. The number of hydrogen-bond donors (Lipinski definition) is 0. The number of amides is 1. The van der Waals surface area contributed by atoms with Gasteiger partial charge < -0.3 is 14.0 Å². The van der Waals surface area contributed by atoms with E-state index in [4.69, 9.17) is 15.9 Å². The van der Waals surface area contributed by atoms with E-state index in [-0.39, 0.29) is 6.54 Å². The van der Waals surface area contributed by atoms with Crippen LogP contribution in [0.1, 0.15) is 16.1 Å². The Kier molecular flexibility index (Phi) is 5.60. The van der Waals surface area contributed by atoms with E-state index in [1.165, 1.54) is 17.5 Å². The minimum Gasteiger partial charge on any atom is -0.495 e. The molecule has 0 aliphatic rings. The fourth-order valence-electron chi connectivity index (χ4n) is 3.37. The molecule has 0 saturated heterocycles. The molecule has 0 fully saturated rings. The van der Waals surface area contributed by atoms with Gasteiger partial charge >= 0.3 is 0 Å². The van der Waals surface area contributed by atoms with Crippen molar-refractivity contribution >= 4 is 27.5 Å². The third-order valence-electron chi connectivity index (χ3n) is 4.88. The number of para-hydroxylation sites is 1. The molecule has 0 aliphatic carbocycles. The van der Waals surface area contributed by atoms with Gasteiger partial charge in [0.2, 0.25) is 0 Å². The lowest BCUT2D eigenvalue weighted by atomic mass is 10.2. The molecule has 1 amide bonds. The van der Waals surface area contributed by atoms with Crippen molar-refractivity contribution in [3.8, 4) is 29.5 Å². The summed E-state index contributed by atoms with van der Waals surface area (Å²) in [5, 5.41) is 4.37. The first-order valence-electron chi connectivity index (χ1n) is 9.46. The number of methoxy groups -OCH3 is 2. The van der Waals surface area contributed by atoms with Crippen molar-refractivity contribution in [3.05, 3.63) is 64.7 Å². The van der Waals surface area contributed by atoms with Crippen molar-refractivity contribution in [2.45, 2.75) is 13.5 Å². The van der Waals surface area contributed by atoms with Crippen LogP contribution in [0.4, 0.5) is 0 Å². The second kappa shape index (κ2) is 8.50. The predicted molar refractivity (Wildman–Crippen MR) is 120 cm³/mol. The number of aromatic nitrogens is 3. The zero-order valence-electron chi connectivity index (χ0n) is 17.3. The summed E-state index contributed by atoms with van der Waals surface area (Å²) < 4.78 is 15.3. The largest absolute Gasteiger partial charge is 0.495 e. The highest BCUT2D eigenvalue weighted by atomic mass is 32.1. The molecule has 4 rings (SSSR count). The lowest BCUT2D eigenvalue weighted by Crippen LogP contribution is -2.17. The molecular weight excluding hydrogens is 412 g/mol. The number of nitrogens with zero attached hydrogens (tertiary/aromatic N) is 4. The van der Waals surface area contributed by atoms with Crippen LogP contribution in [0.5, 0.6) is 11.5 Å². The highest BCUT2D eigenvalue weighted by Crippen LogP contribution is 2.35. The van der Waals surface area contributed by atoms with Crippen molar-refractivity contribution in [2.75, 3.05) is 14.2 Å². The van der Waals surface area contributed by atoms with Gasteiger partial charge in [0.25, 0.3) is 5.91 Å². The van der Waals surface area contributed by atoms with E-state index in [9.17, 15) is 4.79 Å². The predicted octanol–water partition coefficient (Wildman–Crippen LogP) is 3.59. The molecule has 0 radical (unpaired) electrons. The smallest absolute Gasteiger partial charge is 0.283 e. The number of thiazole rings is 1. The zero-order valence-corrected chi connectivity index (χ0v) is 18.1. The molecule has 0 aliphatic heterocycles. The lowest BCUT2D eigenvalue weighted by Gasteiger charge is -2.08. The maximum Gasteiger partial charge on any atom is 0.283 e. The number of carbonyl (C=O) groups is 1. The first-order valence-corrected chi connectivity index (χ1v) is 10.3. The molecular formula is C23H20N4O3S. The number of hydrogen-bond acceptors (Lipinski definition) is 5. The Bertz CT molecular complexity index is 1370. The SMILES string of the molecule is C#CCn1c(=NC(=O)c2cnn(-c3ccccc3)c2C)sc2c(OC)ccc(OC)c21. The van der Waals surface area contributed by atoms with Crippen molar-refractivity contribution in [1.29, 1.82) is 0 Å². The van der Waals surface area contributed by atoms with Gasteiger partial charge in [0.15, 0.2) is 4.80 Å². The number of benzene rings is 2. The van der Waals surface area contributed by atoms with Gasteiger partial charge in [0.1, 0.15) is 21.7 Å². The van der Waals surface area contributed by atoms with E-state index >= 15 is 0 Å². The monoisotopic (exact) mass is 432 g/mol. The number of ether oxygens (including phenoxy) is 2. The Morgan fingerprint density at radius 2 is 1.87 bits per heavy atom. The zero-order chi connectivity index (χ0) is 22.0. The Hall–Kier alpha value is -3.83. The van der Waals surface area contributed by atoms with Gasteiger partial charge in [-0.15, -0.1) is 6.42 Å². The van der Waals surface area contributed by atoms with Crippen molar-refractivity contribution in [2.24, 2.45) is 4.99 Å². The molecule has 31 heavy (non-hydrogen) atoms. The standard InChI is InChI=1S/C23H20N4O3S/c1-5-13-26-20-18(29-3)11-12-19(30-4)21(20)31-23(26)25-22(28)17-14-24-27(15(17)2)16-9-7-6-8-10-16/h1,6-12,14H,13H2,2-4H3. The van der Waals surface area contributed by atoms with E-state index in [0.717, 1.165) is 15.9 Å². The van der Waals surface area contributed by atoms with E-state index < -0.39 is 5.91 Å². The van der Waals surface area contributed by atoms with Gasteiger partial charge in [-0.2, -0.15) is 10.1 Å². The van der Waals surface area contributed by atoms with Gasteiger partial charge in [-0.1, -0.05) is 35.5 Å². The molecule has 0 N–H and O–H groups in total. The molecule has 0 atom stereocenters. The summed E-state index contributed by atoms with van der Waals surface area (Å²) >= 11 is 1.32. The highest BCUT2D eigenvalue weighted by Gasteiger charge is 2.18. The first-order chi connectivity index (χ1) is 15.1. The summed E-state index contributed by atoms with van der Waals surface area (Å²) in [6.07, 6.45) is 7.13. The average molecular weight is 433 g/mol. The van der Waals surface area contributed by atoms with E-state index in [1.807, 2.05) is 43.3 Å². The number of rotatable bonds is 5. The Labute approximate surface area is 183 Å². The number of carbonyl (C=O) groups excluding carboxylic acids is 1. The Morgan fingerprint density at radius 1 is 1.16 bits per heavy atom. The second-order valence-corrected chi connectivity index (χ2v) is 7.61. The van der Waals surface area contributed by atoms with Crippen LogP contribution in [0.25, 0.3) is 15.9 Å². The fourth-order valence-corrected chi connectivity index (χ4v) is 4.51. The van der Waals surface area contributed by atoms with Gasteiger partial charge in [0, 0.05) is 0 Å². The molecule has 2 heterocycles. The van der Waals surface area contributed by atoms with Crippen LogP contribution in [-0.2, 0) is 6.54 Å². The summed E-state index contributed by atoms with van der Waals surface area (Å²) in [6, 6.07) is 13.2. The summed E-state index contributed by atoms with van der Waals surface area (Å²) in [6.45, 7) is 2.08. The van der Waals surface area contributed by atoms with Crippen LogP contribution in [-0.4, -0.2) is 34.5 Å². The van der Waals surface area contributed by atoms with Crippen LogP contribution < -0.4 is 14.3 Å². The third kappa shape index (κ3) is 3.60. The lowest BCUT2D eigenvalue weighted by molar-refractivity contribution is 0.0997. The summed E-state index contributed by atoms with van der Waals surface area (Å²) in [7, 11) is 3.18. The molecule has 2 aromatic carbocycles.